The lowest BCUT2D eigenvalue weighted by Gasteiger charge is -2.15. The highest BCUT2D eigenvalue weighted by atomic mass is 32.2. The van der Waals surface area contributed by atoms with Crippen LogP contribution in [0.5, 0.6) is 0 Å². The Kier molecular flexibility index (Phi) is 10.3. The molecule has 0 bridgehead atoms. The molecule has 2 heterocycles. The van der Waals surface area contributed by atoms with Crippen LogP contribution in [0.1, 0.15) is 24.1 Å². The zero-order valence-corrected chi connectivity index (χ0v) is 22.0. The van der Waals surface area contributed by atoms with E-state index >= 15 is 0 Å². The van der Waals surface area contributed by atoms with Gasteiger partial charge in [0, 0.05) is 18.3 Å². The van der Waals surface area contributed by atoms with Crippen molar-refractivity contribution in [1.29, 1.82) is 0 Å². The van der Waals surface area contributed by atoms with Crippen molar-refractivity contribution in [2.45, 2.75) is 19.5 Å². The minimum atomic E-state index is -3.67. The quantitative estimate of drug-likeness (QED) is 0.151. The normalized spacial score (nSPS) is 11.9. The average molecular weight is 552 g/mol. The summed E-state index contributed by atoms with van der Waals surface area (Å²) in [6.45, 7) is 2.73. The van der Waals surface area contributed by atoms with Crippen LogP contribution >= 0.6 is 0 Å². The van der Waals surface area contributed by atoms with Gasteiger partial charge in [-0.3, -0.25) is 14.2 Å². The molecule has 37 heavy (non-hydrogen) atoms. The van der Waals surface area contributed by atoms with E-state index in [9.17, 15) is 16.8 Å². The van der Waals surface area contributed by atoms with E-state index < -0.39 is 20.2 Å². The van der Waals surface area contributed by atoms with Crippen molar-refractivity contribution in [3.05, 3.63) is 72.1 Å². The Labute approximate surface area is 215 Å². The number of fused-ring (bicyclic) bond motifs is 1. The van der Waals surface area contributed by atoms with Crippen LogP contribution in [0.25, 0.3) is 11.0 Å². The lowest BCUT2D eigenvalue weighted by Crippen LogP contribution is -2.09. The number of hydrogen-bond donors (Lipinski definition) is 6. The van der Waals surface area contributed by atoms with E-state index in [0.29, 0.717) is 30.5 Å². The highest BCUT2D eigenvalue weighted by Crippen LogP contribution is 2.28. The maximum atomic E-state index is 9.19. The van der Waals surface area contributed by atoms with Crippen LogP contribution in [-0.2, 0) is 26.8 Å². The van der Waals surface area contributed by atoms with Gasteiger partial charge in [-0.2, -0.15) is 21.9 Å². The first-order valence-corrected chi connectivity index (χ1v) is 14.3. The van der Waals surface area contributed by atoms with E-state index in [0.717, 1.165) is 22.5 Å². The molecule has 200 valence electrons. The monoisotopic (exact) mass is 551 g/mol. The molecule has 4 aromatic rings. The molecule has 0 unspecified atom stereocenters. The molecule has 0 aliphatic rings. The zero-order chi connectivity index (χ0) is 27.6. The first kappa shape index (κ1) is 29.4. The van der Waals surface area contributed by atoms with Crippen molar-refractivity contribution in [3.8, 4) is 0 Å². The van der Waals surface area contributed by atoms with Crippen molar-refractivity contribution in [3.63, 3.8) is 0 Å². The molecule has 2 aromatic heterocycles. The van der Waals surface area contributed by atoms with Crippen LogP contribution in [0.4, 0.5) is 17.3 Å². The van der Waals surface area contributed by atoms with E-state index in [2.05, 4.69) is 49.9 Å². The number of benzene rings is 2. The zero-order valence-electron chi connectivity index (χ0n) is 20.3. The van der Waals surface area contributed by atoms with Gasteiger partial charge in [-0.25, -0.2) is 9.97 Å². The maximum Gasteiger partial charge on any atom is 0.261 e. The SMILES string of the molecule is CS(=O)(=O)O.CS(=O)(=O)O.C[C@@H](Nc1ncnc2[nH]nc(NCc3ccc(N)cc3)c12)c1ccccc1. The summed E-state index contributed by atoms with van der Waals surface area (Å²) in [7, 11) is -7.33. The Morgan fingerprint density at radius 1 is 0.919 bits per heavy atom. The summed E-state index contributed by atoms with van der Waals surface area (Å²) >= 11 is 0. The Balaban J connectivity index is 0.000000412. The summed E-state index contributed by atoms with van der Waals surface area (Å²) in [5, 5.41) is 15.0. The second-order valence-corrected chi connectivity index (χ2v) is 10.8. The van der Waals surface area contributed by atoms with Gasteiger partial charge in [0.15, 0.2) is 11.5 Å². The van der Waals surface area contributed by atoms with Crippen LogP contribution in [0, 0.1) is 0 Å². The highest BCUT2D eigenvalue weighted by Gasteiger charge is 2.15. The maximum absolute atomic E-state index is 9.19. The summed E-state index contributed by atoms with van der Waals surface area (Å²) in [6.07, 6.45) is 2.96. The second-order valence-electron chi connectivity index (χ2n) is 7.86. The number of anilines is 3. The fraction of sp³-hybridized carbons (Fsp3) is 0.227. The van der Waals surface area contributed by atoms with E-state index in [-0.39, 0.29) is 6.04 Å². The number of H-pyrrole nitrogens is 1. The molecule has 0 aliphatic carbocycles. The number of hydrogen-bond acceptors (Lipinski definition) is 10. The predicted octanol–water partition coefficient (Wildman–Crippen LogP) is 2.73. The molecule has 0 fully saturated rings. The van der Waals surface area contributed by atoms with Gasteiger partial charge in [0.25, 0.3) is 20.2 Å². The molecule has 0 amide bonds. The standard InChI is InChI=1S/C20H21N7.2CH4O3S/c1-13(15-5-3-2-4-6-15)25-18-17-19(26-27-20(17)24-12-23-18)22-11-14-7-9-16(21)10-8-14;2*1-5(2,3)4/h2-10,12-13H,11,21H2,1H3,(H3,22,23,24,25,26,27);2*1H3,(H,2,3,4)/t13-;;/m1../s1. The minimum Gasteiger partial charge on any atom is -0.399 e. The molecule has 0 spiro atoms. The first-order chi connectivity index (χ1) is 17.2. The lowest BCUT2D eigenvalue weighted by atomic mass is 10.1. The van der Waals surface area contributed by atoms with Crippen LogP contribution in [0.15, 0.2) is 60.9 Å². The first-order valence-electron chi connectivity index (χ1n) is 10.6. The topological polar surface area (TPSA) is 213 Å². The molecule has 7 N–H and O–H groups in total. The van der Waals surface area contributed by atoms with Gasteiger partial charge in [0.2, 0.25) is 0 Å². The van der Waals surface area contributed by atoms with Gasteiger partial charge >= 0.3 is 0 Å². The van der Waals surface area contributed by atoms with Gasteiger partial charge in [-0.1, -0.05) is 42.5 Å². The summed E-state index contributed by atoms with van der Waals surface area (Å²) in [5.41, 5.74) is 9.48. The third-order valence-electron chi connectivity index (χ3n) is 4.45. The number of nitrogens with one attached hydrogen (secondary N) is 3. The second kappa shape index (κ2) is 13.0. The van der Waals surface area contributed by atoms with Crippen LogP contribution < -0.4 is 16.4 Å². The van der Waals surface area contributed by atoms with E-state index in [1.807, 2.05) is 42.5 Å². The van der Waals surface area contributed by atoms with Crippen molar-refractivity contribution < 1.29 is 25.9 Å². The smallest absolute Gasteiger partial charge is 0.261 e. The highest BCUT2D eigenvalue weighted by molar-refractivity contribution is 7.85. The van der Waals surface area contributed by atoms with E-state index in [4.69, 9.17) is 14.8 Å². The number of nitrogen functional groups attached to an aromatic ring is 1. The Morgan fingerprint density at radius 3 is 2.05 bits per heavy atom. The molecular formula is C22H29N7O6S2. The average Bonchev–Trinajstić information content (AvgIpc) is 3.21. The molecule has 0 radical (unpaired) electrons. The van der Waals surface area contributed by atoms with Gasteiger partial charge in [0.05, 0.1) is 12.5 Å². The Bertz CT molecular complexity index is 1450. The summed E-state index contributed by atoms with van der Waals surface area (Å²) < 4.78 is 51.7. The predicted molar refractivity (Wildman–Crippen MR) is 143 cm³/mol. The molecular weight excluding hydrogens is 522 g/mol. The van der Waals surface area contributed by atoms with E-state index in [1.54, 1.807) is 0 Å². The molecule has 13 nitrogen and oxygen atoms in total. The van der Waals surface area contributed by atoms with E-state index in [1.165, 1.54) is 11.9 Å². The molecule has 0 saturated carbocycles. The number of nitrogens with zero attached hydrogens (tertiary/aromatic N) is 3. The number of aromatic nitrogens is 4. The number of rotatable bonds is 6. The third-order valence-corrected chi connectivity index (χ3v) is 4.45. The molecule has 4 rings (SSSR count). The fourth-order valence-electron chi connectivity index (χ4n) is 2.95. The van der Waals surface area contributed by atoms with Crippen LogP contribution in [0.3, 0.4) is 0 Å². The van der Waals surface area contributed by atoms with Crippen LogP contribution in [0.2, 0.25) is 0 Å². The largest absolute Gasteiger partial charge is 0.399 e. The van der Waals surface area contributed by atoms with Crippen LogP contribution in [-0.4, -0.2) is 58.6 Å². The summed E-state index contributed by atoms with van der Waals surface area (Å²) in [4.78, 5) is 8.72. The lowest BCUT2D eigenvalue weighted by molar-refractivity contribution is 0.488. The molecule has 1 atom stereocenters. The molecule has 0 saturated heterocycles. The van der Waals surface area contributed by atoms with Crippen molar-refractivity contribution in [2.75, 3.05) is 28.9 Å². The Hall–Kier alpha value is -3.79. The summed E-state index contributed by atoms with van der Waals surface area (Å²) in [6, 6.07) is 18.1. The Morgan fingerprint density at radius 2 is 1.49 bits per heavy atom. The molecule has 15 heteroatoms. The molecule has 2 aromatic carbocycles. The van der Waals surface area contributed by atoms with Gasteiger partial charge in [0.1, 0.15) is 17.5 Å². The number of nitrogens with two attached hydrogens (primary N) is 1. The minimum absolute atomic E-state index is 0.101. The van der Waals surface area contributed by atoms with Gasteiger partial charge in [-0.05, 0) is 30.2 Å². The summed E-state index contributed by atoms with van der Waals surface area (Å²) in [5.74, 6) is 1.45. The van der Waals surface area contributed by atoms with Gasteiger partial charge < -0.3 is 16.4 Å². The van der Waals surface area contributed by atoms with Crippen molar-refractivity contribution in [2.24, 2.45) is 0 Å². The van der Waals surface area contributed by atoms with Crippen molar-refractivity contribution >= 4 is 48.6 Å². The third kappa shape index (κ3) is 11.7. The fourth-order valence-corrected chi connectivity index (χ4v) is 2.95. The van der Waals surface area contributed by atoms with Crippen molar-refractivity contribution in [1.82, 2.24) is 20.2 Å². The number of aromatic amines is 1. The molecule has 0 aliphatic heterocycles. The van der Waals surface area contributed by atoms with Gasteiger partial charge in [-0.15, -0.1) is 0 Å².